The van der Waals surface area contributed by atoms with E-state index in [9.17, 15) is 9.59 Å². The lowest BCUT2D eigenvalue weighted by Gasteiger charge is -2.09. The second-order valence-corrected chi connectivity index (χ2v) is 5.89. The summed E-state index contributed by atoms with van der Waals surface area (Å²) >= 11 is 0. The van der Waals surface area contributed by atoms with Gasteiger partial charge in [0, 0.05) is 18.1 Å². The van der Waals surface area contributed by atoms with Gasteiger partial charge in [-0.2, -0.15) is 0 Å². The summed E-state index contributed by atoms with van der Waals surface area (Å²) in [5.74, 6) is 1.06. The summed E-state index contributed by atoms with van der Waals surface area (Å²) in [6.07, 6.45) is 2.96. The van der Waals surface area contributed by atoms with Crippen LogP contribution in [-0.2, 0) is 9.53 Å². The largest absolute Gasteiger partial charge is 0.494 e. The average Bonchev–Trinajstić information content (AvgIpc) is 2.75. The summed E-state index contributed by atoms with van der Waals surface area (Å²) in [6, 6.07) is 17.2. The predicted molar refractivity (Wildman–Crippen MR) is 107 cm³/mol. The van der Waals surface area contributed by atoms with Crippen molar-refractivity contribution in [3.05, 3.63) is 78.6 Å². The first-order chi connectivity index (χ1) is 14.1. The minimum atomic E-state index is -0.582. The molecule has 2 aromatic carbocycles. The maximum absolute atomic E-state index is 12.0. The molecule has 1 amide bonds. The number of carbonyl (C=O) groups excluding carboxylic acids is 2. The highest BCUT2D eigenvalue weighted by molar-refractivity contribution is 5.95. The Labute approximate surface area is 168 Å². The fourth-order valence-corrected chi connectivity index (χ4v) is 2.41. The van der Waals surface area contributed by atoms with Gasteiger partial charge >= 0.3 is 5.97 Å². The molecule has 1 N–H and O–H groups in total. The minimum absolute atomic E-state index is 0.337. The van der Waals surface area contributed by atoms with Gasteiger partial charge in [-0.3, -0.25) is 9.78 Å². The molecule has 0 radical (unpaired) electrons. The number of pyridine rings is 1. The van der Waals surface area contributed by atoms with Crippen LogP contribution in [0.4, 0.5) is 5.69 Å². The third-order valence-electron chi connectivity index (χ3n) is 3.76. The molecule has 7 nitrogen and oxygen atoms in total. The first kappa shape index (κ1) is 19.9. The molecule has 148 valence electrons. The van der Waals surface area contributed by atoms with Gasteiger partial charge in [0.15, 0.2) is 6.61 Å². The molecule has 3 aromatic rings. The van der Waals surface area contributed by atoms with Gasteiger partial charge in [-0.1, -0.05) is 0 Å². The zero-order chi connectivity index (χ0) is 20.5. The van der Waals surface area contributed by atoms with Crippen LogP contribution in [0.1, 0.15) is 17.3 Å². The monoisotopic (exact) mass is 392 g/mol. The SMILES string of the molecule is CCOc1ccc(Oc2ccc(NC(=O)COC(=O)c3ccncc3)cc2)cc1. The van der Waals surface area contributed by atoms with Crippen LogP contribution in [0.25, 0.3) is 0 Å². The number of hydrogen-bond donors (Lipinski definition) is 1. The maximum Gasteiger partial charge on any atom is 0.338 e. The van der Waals surface area contributed by atoms with E-state index in [2.05, 4.69) is 10.3 Å². The number of aromatic nitrogens is 1. The molecule has 0 unspecified atom stereocenters. The van der Waals surface area contributed by atoms with E-state index in [1.807, 2.05) is 31.2 Å². The van der Waals surface area contributed by atoms with Crippen molar-refractivity contribution in [3.8, 4) is 17.2 Å². The molecule has 0 spiro atoms. The summed E-state index contributed by atoms with van der Waals surface area (Å²) in [7, 11) is 0. The third-order valence-corrected chi connectivity index (χ3v) is 3.76. The number of amides is 1. The lowest BCUT2D eigenvalue weighted by atomic mass is 10.3. The molecule has 1 aromatic heterocycles. The summed E-state index contributed by atoms with van der Waals surface area (Å²) in [5.41, 5.74) is 0.901. The molecule has 1 heterocycles. The standard InChI is InChI=1S/C22H20N2O5/c1-2-27-18-7-9-20(10-8-18)29-19-5-3-17(4-6-19)24-21(25)15-28-22(26)16-11-13-23-14-12-16/h3-14H,2,15H2,1H3,(H,24,25). The first-order valence-corrected chi connectivity index (χ1v) is 9.02. The van der Waals surface area contributed by atoms with Crippen LogP contribution in [0.15, 0.2) is 73.1 Å². The second-order valence-electron chi connectivity index (χ2n) is 5.89. The zero-order valence-electron chi connectivity index (χ0n) is 15.8. The van der Waals surface area contributed by atoms with E-state index in [1.165, 1.54) is 24.5 Å². The van der Waals surface area contributed by atoms with Gasteiger partial charge in [-0.05, 0) is 67.6 Å². The molecule has 0 saturated carbocycles. The number of nitrogens with zero attached hydrogens (tertiary/aromatic N) is 1. The molecule has 0 aliphatic carbocycles. The Morgan fingerprint density at radius 3 is 2.07 bits per heavy atom. The van der Waals surface area contributed by atoms with Crippen LogP contribution < -0.4 is 14.8 Å². The summed E-state index contributed by atoms with van der Waals surface area (Å²) in [4.78, 5) is 27.6. The van der Waals surface area contributed by atoms with E-state index < -0.39 is 11.9 Å². The highest BCUT2D eigenvalue weighted by Gasteiger charge is 2.10. The normalized spacial score (nSPS) is 10.1. The van der Waals surface area contributed by atoms with E-state index in [1.54, 1.807) is 24.3 Å². The highest BCUT2D eigenvalue weighted by Crippen LogP contribution is 2.25. The number of nitrogens with one attached hydrogen (secondary N) is 1. The van der Waals surface area contributed by atoms with Crippen molar-refractivity contribution < 1.29 is 23.8 Å². The Bertz CT molecular complexity index is 941. The van der Waals surface area contributed by atoms with Crippen LogP contribution in [-0.4, -0.2) is 30.1 Å². The van der Waals surface area contributed by atoms with Crippen molar-refractivity contribution in [3.63, 3.8) is 0 Å². The number of esters is 1. The van der Waals surface area contributed by atoms with E-state index in [0.29, 0.717) is 29.4 Å². The first-order valence-electron chi connectivity index (χ1n) is 9.02. The topological polar surface area (TPSA) is 86.8 Å². The smallest absolute Gasteiger partial charge is 0.338 e. The second kappa shape index (κ2) is 9.89. The molecule has 3 rings (SSSR count). The molecule has 29 heavy (non-hydrogen) atoms. The maximum atomic E-state index is 12.0. The molecule has 0 aliphatic rings. The van der Waals surface area contributed by atoms with E-state index in [-0.39, 0.29) is 6.61 Å². The van der Waals surface area contributed by atoms with Crippen molar-refractivity contribution >= 4 is 17.6 Å². The van der Waals surface area contributed by atoms with Crippen LogP contribution >= 0.6 is 0 Å². The molecule has 0 atom stereocenters. The fraction of sp³-hybridized carbons (Fsp3) is 0.136. The molecular formula is C22H20N2O5. The van der Waals surface area contributed by atoms with Gasteiger partial charge in [-0.25, -0.2) is 4.79 Å². The average molecular weight is 392 g/mol. The Morgan fingerprint density at radius 2 is 1.45 bits per heavy atom. The molecular weight excluding hydrogens is 372 g/mol. The van der Waals surface area contributed by atoms with Gasteiger partial charge in [0.2, 0.25) is 0 Å². The van der Waals surface area contributed by atoms with Crippen molar-refractivity contribution in [1.29, 1.82) is 0 Å². The predicted octanol–water partition coefficient (Wildman–Crippen LogP) is 4.07. The van der Waals surface area contributed by atoms with Crippen molar-refractivity contribution in [2.24, 2.45) is 0 Å². The van der Waals surface area contributed by atoms with E-state index in [0.717, 1.165) is 5.75 Å². The summed E-state index contributed by atoms with van der Waals surface area (Å²) < 4.78 is 16.1. The summed E-state index contributed by atoms with van der Waals surface area (Å²) in [5, 5.41) is 2.66. The van der Waals surface area contributed by atoms with Gasteiger partial charge in [0.25, 0.3) is 5.91 Å². The van der Waals surface area contributed by atoms with Crippen molar-refractivity contribution in [2.45, 2.75) is 6.92 Å². The fourth-order valence-electron chi connectivity index (χ4n) is 2.41. The Balaban J connectivity index is 1.48. The Kier molecular flexibility index (Phi) is 6.78. The van der Waals surface area contributed by atoms with Crippen molar-refractivity contribution in [2.75, 3.05) is 18.5 Å². The summed E-state index contributed by atoms with van der Waals surface area (Å²) in [6.45, 7) is 2.15. The van der Waals surface area contributed by atoms with Crippen LogP contribution in [0.5, 0.6) is 17.2 Å². The Morgan fingerprint density at radius 1 is 0.862 bits per heavy atom. The van der Waals surface area contributed by atoms with Gasteiger partial charge in [0.1, 0.15) is 17.2 Å². The van der Waals surface area contributed by atoms with Crippen LogP contribution in [0.3, 0.4) is 0 Å². The van der Waals surface area contributed by atoms with Crippen LogP contribution in [0.2, 0.25) is 0 Å². The Hall–Kier alpha value is -3.87. The molecule has 0 bridgehead atoms. The molecule has 0 saturated heterocycles. The lowest BCUT2D eigenvalue weighted by molar-refractivity contribution is -0.119. The van der Waals surface area contributed by atoms with E-state index >= 15 is 0 Å². The number of benzene rings is 2. The van der Waals surface area contributed by atoms with Crippen molar-refractivity contribution in [1.82, 2.24) is 4.98 Å². The van der Waals surface area contributed by atoms with Gasteiger partial charge in [-0.15, -0.1) is 0 Å². The van der Waals surface area contributed by atoms with Gasteiger partial charge in [0.05, 0.1) is 12.2 Å². The third kappa shape index (κ3) is 6.07. The lowest BCUT2D eigenvalue weighted by Crippen LogP contribution is -2.20. The number of anilines is 1. The number of carbonyl (C=O) groups is 2. The molecule has 0 aliphatic heterocycles. The quantitative estimate of drug-likeness (QED) is 0.582. The number of hydrogen-bond acceptors (Lipinski definition) is 6. The minimum Gasteiger partial charge on any atom is -0.494 e. The van der Waals surface area contributed by atoms with Gasteiger partial charge < -0.3 is 19.5 Å². The number of rotatable bonds is 8. The van der Waals surface area contributed by atoms with Crippen LogP contribution in [0, 0.1) is 0 Å². The molecule has 7 heteroatoms. The number of ether oxygens (including phenoxy) is 3. The highest BCUT2D eigenvalue weighted by atomic mass is 16.5. The van der Waals surface area contributed by atoms with E-state index in [4.69, 9.17) is 14.2 Å². The molecule has 0 fully saturated rings. The zero-order valence-corrected chi connectivity index (χ0v) is 15.8.